The van der Waals surface area contributed by atoms with Gasteiger partial charge in [0.1, 0.15) is 0 Å². The van der Waals surface area contributed by atoms with Crippen molar-refractivity contribution in [2.24, 2.45) is 0 Å². The van der Waals surface area contributed by atoms with Crippen LogP contribution in [0.3, 0.4) is 0 Å². The molecule has 4 heteroatoms. The molecule has 0 saturated carbocycles. The number of rotatable bonds is 6. The molecule has 0 spiro atoms. The first-order valence-corrected chi connectivity index (χ1v) is 9.03. The molecule has 1 unspecified atom stereocenters. The molecule has 0 aromatic heterocycles. The minimum Gasteiger partial charge on any atom is -0.211 e. The Morgan fingerprint density at radius 3 is 2.00 bits per heavy atom. The van der Waals surface area contributed by atoms with Gasteiger partial charge in [0.15, 0.2) is 0 Å². The van der Waals surface area contributed by atoms with Crippen LogP contribution in [-0.4, -0.2) is 15.0 Å². The van der Waals surface area contributed by atoms with Crippen LogP contribution in [0.5, 0.6) is 0 Å². The Hall–Kier alpha value is -1.65. The molecule has 0 aliphatic carbocycles. The van der Waals surface area contributed by atoms with Crippen LogP contribution in [0.25, 0.3) is 0 Å². The molecule has 0 heterocycles. The lowest BCUT2D eigenvalue weighted by atomic mass is 10.0. The van der Waals surface area contributed by atoms with Crippen LogP contribution in [-0.2, 0) is 10.0 Å². The van der Waals surface area contributed by atoms with Gasteiger partial charge in [-0.1, -0.05) is 63.2 Å². The highest BCUT2D eigenvalue weighted by molar-refractivity contribution is 7.89. The molecule has 118 valence electrons. The van der Waals surface area contributed by atoms with E-state index in [1.807, 2.05) is 49.4 Å². The van der Waals surface area contributed by atoms with E-state index in [4.69, 9.17) is 0 Å². The fraction of sp³-hybridized carbons (Fsp3) is 0.333. The maximum Gasteiger partial charge on any atom is 0.240 e. The van der Waals surface area contributed by atoms with Crippen LogP contribution in [0.2, 0.25) is 0 Å². The quantitative estimate of drug-likeness (QED) is 0.878. The predicted octanol–water partition coefficient (Wildman–Crippen LogP) is 3.89. The third-order valence-corrected chi connectivity index (χ3v) is 5.24. The van der Waals surface area contributed by atoms with Gasteiger partial charge < -0.3 is 0 Å². The van der Waals surface area contributed by atoms with Crippen molar-refractivity contribution < 1.29 is 8.42 Å². The average molecular weight is 317 g/mol. The topological polar surface area (TPSA) is 46.2 Å². The van der Waals surface area contributed by atoms with Gasteiger partial charge in [-0.05, 0) is 35.1 Å². The summed E-state index contributed by atoms with van der Waals surface area (Å²) >= 11 is 0. The van der Waals surface area contributed by atoms with E-state index < -0.39 is 10.0 Å². The Labute approximate surface area is 133 Å². The molecule has 1 N–H and O–H groups in total. The Balaban J connectivity index is 2.05. The summed E-state index contributed by atoms with van der Waals surface area (Å²) in [5.74, 6) is 0.522. The molecule has 2 rings (SSSR count). The number of nitrogens with one attached hydrogen (secondary N) is 1. The molecule has 0 fully saturated rings. The third-order valence-electron chi connectivity index (χ3n) is 3.81. The Morgan fingerprint density at radius 1 is 0.864 bits per heavy atom. The van der Waals surface area contributed by atoms with Crippen LogP contribution >= 0.6 is 0 Å². The molecule has 2 aromatic carbocycles. The minimum atomic E-state index is -3.46. The van der Waals surface area contributed by atoms with E-state index in [0.29, 0.717) is 17.4 Å². The van der Waals surface area contributed by atoms with Crippen molar-refractivity contribution >= 4 is 10.0 Å². The van der Waals surface area contributed by atoms with Crippen molar-refractivity contribution in [2.45, 2.75) is 37.5 Å². The summed E-state index contributed by atoms with van der Waals surface area (Å²) in [6.07, 6.45) is 0. The first kappa shape index (κ1) is 16.7. The van der Waals surface area contributed by atoms with Gasteiger partial charge in [-0.15, -0.1) is 0 Å². The van der Waals surface area contributed by atoms with E-state index in [0.717, 1.165) is 11.1 Å². The summed E-state index contributed by atoms with van der Waals surface area (Å²) in [5, 5.41) is 0. The van der Waals surface area contributed by atoms with E-state index in [1.165, 1.54) is 0 Å². The largest absolute Gasteiger partial charge is 0.240 e. The van der Waals surface area contributed by atoms with Crippen molar-refractivity contribution in [3.8, 4) is 0 Å². The molecule has 0 aliphatic heterocycles. The van der Waals surface area contributed by atoms with E-state index >= 15 is 0 Å². The van der Waals surface area contributed by atoms with Gasteiger partial charge in [0.25, 0.3) is 0 Å². The van der Waals surface area contributed by atoms with Crippen LogP contribution in [0, 0.1) is 0 Å². The summed E-state index contributed by atoms with van der Waals surface area (Å²) in [6, 6.07) is 17.0. The van der Waals surface area contributed by atoms with Gasteiger partial charge in [0.05, 0.1) is 4.90 Å². The van der Waals surface area contributed by atoms with E-state index in [2.05, 4.69) is 18.6 Å². The van der Waals surface area contributed by atoms with E-state index in [9.17, 15) is 8.42 Å². The first-order valence-electron chi connectivity index (χ1n) is 7.54. The van der Waals surface area contributed by atoms with Crippen LogP contribution in [0.4, 0.5) is 0 Å². The number of benzene rings is 2. The van der Waals surface area contributed by atoms with Crippen molar-refractivity contribution in [1.29, 1.82) is 0 Å². The second kappa shape index (κ2) is 7.07. The zero-order valence-corrected chi connectivity index (χ0v) is 14.1. The zero-order valence-electron chi connectivity index (χ0n) is 13.3. The van der Waals surface area contributed by atoms with Crippen molar-refractivity contribution in [2.75, 3.05) is 6.54 Å². The number of hydrogen-bond acceptors (Lipinski definition) is 2. The van der Waals surface area contributed by atoms with E-state index in [1.54, 1.807) is 12.1 Å². The molecule has 0 bridgehead atoms. The van der Waals surface area contributed by atoms with Crippen LogP contribution in [0.15, 0.2) is 59.5 Å². The van der Waals surface area contributed by atoms with Gasteiger partial charge in [-0.2, -0.15) is 0 Å². The van der Waals surface area contributed by atoms with Gasteiger partial charge in [-0.3, -0.25) is 0 Å². The standard InChI is InChI=1S/C18H23NO2S/c1-14(2)16-9-11-18(12-10-16)22(20,21)19-13-15(3)17-7-5-4-6-8-17/h4-12,14-15,19H,13H2,1-3H3. The molecule has 3 nitrogen and oxygen atoms in total. The lowest BCUT2D eigenvalue weighted by Crippen LogP contribution is -2.27. The highest BCUT2D eigenvalue weighted by atomic mass is 32.2. The van der Waals surface area contributed by atoms with Gasteiger partial charge in [-0.25, -0.2) is 13.1 Å². The summed E-state index contributed by atoms with van der Waals surface area (Å²) in [4.78, 5) is 0.317. The monoisotopic (exact) mass is 317 g/mol. The SMILES string of the molecule is CC(C)c1ccc(S(=O)(=O)NCC(C)c2ccccc2)cc1. The van der Waals surface area contributed by atoms with Crippen LogP contribution in [0.1, 0.15) is 43.7 Å². The highest BCUT2D eigenvalue weighted by Crippen LogP contribution is 2.18. The maximum atomic E-state index is 12.3. The lowest BCUT2D eigenvalue weighted by molar-refractivity contribution is 0.575. The fourth-order valence-corrected chi connectivity index (χ4v) is 3.38. The lowest BCUT2D eigenvalue weighted by Gasteiger charge is -2.14. The van der Waals surface area contributed by atoms with Gasteiger partial charge >= 0.3 is 0 Å². The maximum absolute atomic E-state index is 12.3. The molecule has 0 saturated heterocycles. The highest BCUT2D eigenvalue weighted by Gasteiger charge is 2.16. The Morgan fingerprint density at radius 2 is 1.45 bits per heavy atom. The second-order valence-corrected chi connectivity index (χ2v) is 7.65. The summed E-state index contributed by atoms with van der Waals surface area (Å²) in [6.45, 7) is 6.57. The molecule has 1 atom stereocenters. The van der Waals surface area contributed by atoms with Gasteiger partial charge in [0, 0.05) is 6.54 Å². The predicted molar refractivity (Wildman–Crippen MR) is 90.6 cm³/mol. The summed E-state index contributed by atoms with van der Waals surface area (Å²) in [7, 11) is -3.46. The Kier molecular flexibility index (Phi) is 5.37. The van der Waals surface area contributed by atoms with Crippen molar-refractivity contribution in [3.63, 3.8) is 0 Å². The van der Waals surface area contributed by atoms with Crippen molar-refractivity contribution in [3.05, 3.63) is 65.7 Å². The molecule has 0 radical (unpaired) electrons. The molecular weight excluding hydrogens is 294 g/mol. The smallest absolute Gasteiger partial charge is 0.211 e. The molecular formula is C18H23NO2S. The minimum absolute atomic E-state index is 0.130. The Bertz CT molecular complexity index is 692. The van der Waals surface area contributed by atoms with Crippen molar-refractivity contribution in [1.82, 2.24) is 4.72 Å². The fourth-order valence-electron chi connectivity index (χ4n) is 2.25. The summed E-state index contributed by atoms with van der Waals surface area (Å²) in [5.41, 5.74) is 2.26. The molecule has 0 aliphatic rings. The second-order valence-electron chi connectivity index (χ2n) is 5.89. The van der Waals surface area contributed by atoms with Gasteiger partial charge in [0.2, 0.25) is 10.0 Å². The van der Waals surface area contributed by atoms with E-state index in [-0.39, 0.29) is 5.92 Å². The molecule has 0 amide bonds. The summed E-state index contributed by atoms with van der Waals surface area (Å²) < 4.78 is 27.4. The zero-order chi connectivity index (χ0) is 16.2. The molecule has 22 heavy (non-hydrogen) atoms. The molecule has 2 aromatic rings. The third kappa shape index (κ3) is 4.18. The normalized spacial score (nSPS) is 13.3. The van der Waals surface area contributed by atoms with Crippen LogP contribution < -0.4 is 4.72 Å². The average Bonchev–Trinajstić information content (AvgIpc) is 2.53. The number of hydrogen-bond donors (Lipinski definition) is 1. The number of sulfonamides is 1. The first-order chi connectivity index (χ1) is 10.4.